The fourth-order valence-corrected chi connectivity index (χ4v) is 3.29. The lowest BCUT2D eigenvalue weighted by atomic mass is 10.2. The second kappa shape index (κ2) is 5.71. The number of hydrogen-bond acceptors (Lipinski definition) is 4. The number of benzene rings is 1. The van der Waals surface area contributed by atoms with Gasteiger partial charge in [-0.2, -0.15) is 5.10 Å². The zero-order valence-electron chi connectivity index (χ0n) is 11.1. The zero-order valence-corrected chi connectivity index (χ0v) is 12.7. The summed E-state index contributed by atoms with van der Waals surface area (Å²) in [5.41, 5.74) is 3.09. The van der Waals surface area contributed by atoms with Crippen molar-refractivity contribution in [3.8, 4) is 0 Å². The Kier molecular flexibility index (Phi) is 3.77. The summed E-state index contributed by atoms with van der Waals surface area (Å²) in [6, 6.07) is 11.2. The number of nitrogens with zero attached hydrogens (tertiary/aromatic N) is 1. The molecule has 1 amide bonds. The van der Waals surface area contributed by atoms with E-state index in [1.807, 2.05) is 24.3 Å². The Morgan fingerprint density at radius 2 is 2.10 bits per heavy atom. The van der Waals surface area contributed by atoms with Gasteiger partial charge in [-0.15, -0.1) is 11.3 Å². The van der Waals surface area contributed by atoms with Crippen LogP contribution in [0.4, 0.5) is 0 Å². The summed E-state index contributed by atoms with van der Waals surface area (Å²) >= 11 is 7.59. The van der Waals surface area contributed by atoms with Crippen LogP contribution in [0.1, 0.15) is 22.4 Å². The van der Waals surface area contributed by atoms with Crippen LogP contribution in [0.2, 0.25) is 5.02 Å². The number of hydrazone groups is 1. The van der Waals surface area contributed by atoms with Crippen LogP contribution in [-0.2, 0) is 0 Å². The highest BCUT2D eigenvalue weighted by Crippen LogP contribution is 2.34. The van der Waals surface area contributed by atoms with Crippen molar-refractivity contribution in [2.75, 3.05) is 0 Å². The van der Waals surface area contributed by atoms with Gasteiger partial charge in [-0.1, -0.05) is 29.8 Å². The second-order valence-electron chi connectivity index (χ2n) is 4.36. The Balaban J connectivity index is 1.84. The van der Waals surface area contributed by atoms with E-state index in [4.69, 9.17) is 16.0 Å². The highest BCUT2D eigenvalue weighted by Gasteiger charge is 2.16. The summed E-state index contributed by atoms with van der Waals surface area (Å²) < 4.78 is 6.17. The van der Waals surface area contributed by atoms with Gasteiger partial charge < -0.3 is 4.42 Å². The standard InChI is InChI=1S/C15H11ClN2O2S/c1-9(11-6-4-8-20-11)17-18-15(19)14-13(16)10-5-2-3-7-12(10)21-14/h2-8H,1H3,(H,18,19). The van der Waals surface area contributed by atoms with Crippen LogP contribution < -0.4 is 5.43 Å². The van der Waals surface area contributed by atoms with Crippen molar-refractivity contribution in [2.45, 2.75) is 6.92 Å². The predicted molar refractivity (Wildman–Crippen MR) is 85.2 cm³/mol. The highest BCUT2D eigenvalue weighted by atomic mass is 35.5. The van der Waals surface area contributed by atoms with E-state index in [-0.39, 0.29) is 5.91 Å². The number of amides is 1. The molecule has 0 fully saturated rings. The number of furan rings is 1. The number of halogens is 1. The molecule has 0 aliphatic carbocycles. The van der Waals surface area contributed by atoms with E-state index >= 15 is 0 Å². The minimum Gasteiger partial charge on any atom is -0.463 e. The molecule has 0 aliphatic rings. The van der Waals surface area contributed by atoms with Crippen molar-refractivity contribution >= 4 is 44.6 Å². The average molecular weight is 319 g/mol. The normalized spacial score (nSPS) is 11.8. The first-order valence-corrected chi connectivity index (χ1v) is 7.42. The van der Waals surface area contributed by atoms with Crippen molar-refractivity contribution in [3.63, 3.8) is 0 Å². The Labute approximate surface area is 130 Å². The number of fused-ring (bicyclic) bond motifs is 1. The third-order valence-corrected chi connectivity index (χ3v) is 4.62. The zero-order chi connectivity index (χ0) is 14.8. The maximum atomic E-state index is 12.2. The number of carbonyl (C=O) groups is 1. The number of nitrogens with one attached hydrogen (secondary N) is 1. The molecule has 2 heterocycles. The van der Waals surface area contributed by atoms with Gasteiger partial charge >= 0.3 is 0 Å². The van der Waals surface area contributed by atoms with Crippen LogP contribution in [0.25, 0.3) is 10.1 Å². The molecular weight excluding hydrogens is 308 g/mol. The van der Waals surface area contributed by atoms with Gasteiger partial charge in [0, 0.05) is 10.1 Å². The summed E-state index contributed by atoms with van der Waals surface area (Å²) in [4.78, 5) is 12.6. The largest absolute Gasteiger partial charge is 0.463 e. The minimum absolute atomic E-state index is 0.327. The molecular formula is C15H11ClN2O2S. The Hall–Kier alpha value is -2.11. The molecule has 2 aromatic heterocycles. The van der Waals surface area contributed by atoms with Gasteiger partial charge in [0.1, 0.15) is 16.3 Å². The van der Waals surface area contributed by atoms with Gasteiger partial charge in [-0.3, -0.25) is 4.79 Å². The van der Waals surface area contributed by atoms with E-state index in [0.29, 0.717) is 21.4 Å². The van der Waals surface area contributed by atoms with Crippen LogP contribution in [0.15, 0.2) is 52.2 Å². The van der Waals surface area contributed by atoms with Crippen molar-refractivity contribution in [2.24, 2.45) is 5.10 Å². The molecule has 0 unspecified atom stereocenters. The van der Waals surface area contributed by atoms with E-state index in [0.717, 1.165) is 10.1 Å². The van der Waals surface area contributed by atoms with Crippen LogP contribution in [0, 0.1) is 0 Å². The van der Waals surface area contributed by atoms with Crippen molar-refractivity contribution in [1.82, 2.24) is 5.43 Å². The van der Waals surface area contributed by atoms with Gasteiger partial charge in [0.25, 0.3) is 5.91 Å². The van der Waals surface area contributed by atoms with Crippen molar-refractivity contribution in [3.05, 3.63) is 58.3 Å². The second-order valence-corrected chi connectivity index (χ2v) is 5.79. The van der Waals surface area contributed by atoms with Gasteiger partial charge in [0.2, 0.25) is 0 Å². The van der Waals surface area contributed by atoms with Gasteiger partial charge in [0.05, 0.1) is 11.3 Å². The van der Waals surface area contributed by atoms with Crippen molar-refractivity contribution < 1.29 is 9.21 Å². The lowest BCUT2D eigenvalue weighted by molar-refractivity contribution is 0.0959. The first kappa shape index (κ1) is 13.9. The molecule has 106 valence electrons. The number of carbonyl (C=O) groups excluding carboxylic acids is 1. The maximum Gasteiger partial charge on any atom is 0.283 e. The molecule has 4 nitrogen and oxygen atoms in total. The fraction of sp³-hybridized carbons (Fsp3) is 0.0667. The molecule has 0 atom stereocenters. The summed E-state index contributed by atoms with van der Waals surface area (Å²) in [5.74, 6) is 0.282. The van der Waals surface area contributed by atoms with Gasteiger partial charge in [-0.25, -0.2) is 5.43 Å². The van der Waals surface area contributed by atoms with E-state index in [2.05, 4.69) is 10.5 Å². The Bertz CT molecular complexity index is 821. The minimum atomic E-state index is -0.327. The van der Waals surface area contributed by atoms with Crippen LogP contribution in [0.5, 0.6) is 0 Å². The maximum absolute atomic E-state index is 12.2. The number of rotatable bonds is 3. The molecule has 0 aliphatic heterocycles. The molecule has 0 saturated heterocycles. The molecule has 3 rings (SSSR count). The van der Waals surface area contributed by atoms with Gasteiger partial charge in [0.15, 0.2) is 0 Å². The fourth-order valence-electron chi connectivity index (χ4n) is 1.88. The van der Waals surface area contributed by atoms with E-state index in [9.17, 15) is 4.79 Å². The Morgan fingerprint density at radius 3 is 2.81 bits per heavy atom. The summed E-state index contributed by atoms with van der Waals surface area (Å²) in [6.07, 6.45) is 1.55. The molecule has 6 heteroatoms. The molecule has 21 heavy (non-hydrogen) atoms. The molecule has 3 aromatic rings. The summed E-state index contributed by atoms with van der Waals surface area (Å²) in [5, 5.41) is 5.36. The molecule has 0 radical (unpaired) electrons. The first-order chi connectivity index (χ1) is 10.2. The number of hydrogen-bond donors (Lipinski definition) is 1. The van der Waals surface area contributed by atoms with E-state index < -0.39 is 0 Å². The van der Waals surface area contributed by atoms with E-state index in [1.54, 1.807) is 25.3 Å². The van der Waals surface area contributed by atoms with Gasteiger partial charge in [-0.05, 0) is 25.1 Å². The SMILES string of the molecule is CC(=NNC(=O)c1sc2ccccc2c1Cl)c1ccco1. The summed E-state index contributed by atoms with van der Waals surface area (Å²) in [6.45, 7) is 1.76. The monoisotopic (exact) mass is 318 g/mol. The average Bonchev–Trinajstić information content (AvgIpc) is 3.13. The molecule has 0 bridgehead atoms. The number of thiophene rings is 1. The molecule has 1 N–H and O–H groups in total. The van der Waals surface area contributed by atoms with Crippen LogP contribution >= 0.6 is 22.9 Å². The third kappa shape index (κ3) is 2.70. The highest BCUT2D eigenvalue weighted by molar-refractivity contribution is 7.21. The smallest absolute Gasteiger partial charge is 0.283 e. The topological polar surface area (TPSA) is 54.6 Å². The van der Waals surface area contributed by atoms with Crippen LogP contribution in [-0.4, -0.2) is 11.6 Å². The Morgan fingerprint density at radius 1 is 1.29 bits per heavy atom. The third-order valence-electron chi connectivity index (χ3n) is 2.94. The molecule has 0 spiro atoms. The van der Waals surface area contributed by atoms with Crippen molar-refractivity contribution in [1.29, 1.82) is 0 Å². The quantitative estimate of drug-likeness (QED) is 0.578. The van der Waals surface area contributed by atoms with E-state index in [1.165, 1.54) is 11.3 Å². The molecule has 0 saturated carbocycles. The summed E-state index contributed by atoms with van der Waals surface area (Å²) in [7, 11) is 0. The molecule has 1 aromatic carbocycles. The lowest BCUT2D eigenvalue weighted by Crippen LogP contribution is -2.18. The lowest BCUT2D eigenvalue weighted by Gasteiger charge is -1.99. The predicted octanol–water partition coefficient (Wildman–Crippen LogP) is 4.30. The van der Waals surface area contributed by atoms with Crippen LogP contribution in [0.3, 0.4) is 0 Å². The first-order valence-electron chi connectivity index (χ1n) is 6.22.